The van der Waals surface area contributed by atoms with E-state index in [0.29, 0.717) is 0 Å². The van der Waals surface area contributed by atoms with Crippen LogP contribution in [-0.2, 0) is 0 Å². The van der Waals surface area contributed by atoms with Crippen LogP contribution in [0, 0.1) is 0 Å². The molecule has 2 heteroatoms. The Morgan fingerprint density at radius 2 is 1.65 bits per heavy atom. The molecule has 1 amide bonds. The molecule has 0 atom stereocenters. The molecule has 2 aromatic rings. The predicted molar refractivity (Wildman–Crippen MR) is 71.2 cm³/mol. The molecule has 0 saturated carbocycles. The number of fused-ring (bicyclic) bond motifs is 1. The van der Waals surface area contributed by atoms with Gasteiger partial charge in [0, 0.05) is 18.7 Å². The Morgan fingerprint density at radius 1 is 1.00 bits per heavy atom. The average Bonchev–Trinajstić information content (AvgIpc) is 2.39. The van der Waals surface area contributed by atoms with E-state index >= 15 is 0 Å². The molecule has 88 valence electrons. The summed E-state index contributed by atoms with van der Waals surface area (Å²) in [4.78, 5) is 14.0. The molecule has 0 aromatic heterocycles. The van der Waals surface area contributed by atoms with Gasteiger partial charge in [0.2, 0.25) is 0 Å². The van der Waals surface area contributed by atoms with Crippen molar-refractivity contribution in [2.24, 2.45) is 0 Å². The van der Waals surface area contributed by atoms with E-state index in [-0.39, 0.29) is 5.91 Å². The summed E-state index contributed by atoms with van der Waals surface area (Å²) in [5.41, 5.74) is 0.771. The molecular formula is C15H17NO. The van der Waals surface area contributed by atoms with Crippen LogP contribution in [0.5, 0.6) is 0 Å². The molecule has 2 nitrogen and oxygen atoms in total. The van der Waals surface area contributed by atoms with E-state index in [4.69, 9.17) is 0 Å². The van der Waals surface area contributed by atoms with E-state index in [0.717, 1.165) is 24.0 Å². The summed E-state index contributed by atoms with van der Waals surface area (Å²) < 4.78 is 0. The van der Waals surface area contributed by atoms with Gasteiger partial charge >= 0.3 is 0 Å². The van der Waals surface area contributed by atoms with Crippen LogP contribution in [0.4, 0.5) is 0 Å². The van der Waals surface area contributed by atoms with Gasteiger partial charge in [0.15, 0.2) is 0 Å². The zero-order valence-corrected chi connectivity index (χ0v) is 10.3. The van der Waals surface area contributed by atoms with E-state index in [9.17, 15) is 4.79 Å². The van der Waals surface area contributed by atoms with Gasteiger partial charge in [0.25, 0.3) is 5.91 Å². The first-order chi connectivity index (χ1) is 8.26. The van der Waals surface area contributed by atoms with Crippen molar-refractivity contribution >= 4 is 16.7 Å². The van der Waals surface area contributed by atoms with Crippen LogP contribution >= 0.6 is 0 Å². The number of nitrogens with zero attached hydrogens (tertiary/aromatic N) is 1. The van der Waals surface area contributed by atoms with Crippen molar-refractivity contribution in [2.75, 3.05) is 13.1 Å². The first kappa shape index (κ1) is 11.6. The lowest BCUT2D eigenvalue weighted by Crippen LogP contribution is -2.30. The van der Waals surface area contributed by atoms with Gasteiger partial charge in [-0.1, -0.05) is 30.3 Å². The van der Waals surface area contributed by atoms with Crippen LogP contribution in [0.3, 0.4) is 0 Å². The highest BCUT2D eigenvalue weighted by Gasteiger charge is 2.12. The van der Waals surface area contributed by atoms with E-state index in [1.165, 1.54) is 5.39 Å². The minimum Gasteiger partial charge on any atom is -0.339 e. The molecule has 17 heavy (non-hydrogen) atoms. The summed E-state index contributed by atoms with van der Waals surface area (Å²) in [5, 5.41) is 2.29. The molecule has 0 heterocycles. The largest absolute Gasteiger partial charge is 0.339 e. The number of carbonyl (C=O) groups is 1. The van der Waals surface area contributed by atoms with Crippen molar-refractivity contribution in [3.8, 4) is 0 Å². The maximum absolute atomic E-state index is 12.2. The second-order valence-corrected chi connectivity index (χ2v) is 4.04. The first-order valence-corrected chi connectivity index (χ1v) is 6.04. The van der Waals surface area contributed by atoms with Crippen molar-refractivity contribution in [3.63, 3.8) is 0 Å². The van der Waals surface area contributed by atoms with Crippen molar-refractivity contribution in [3.05, 3.63) is 48.0 Å². The van der Waals surface area contributed by atoms with Gasteiger partial charge < -0.3 is 4.90 Å². The fraction of sp³-hybridized carbons (Fsp3) is 0.267. The second-order valence-electron chi connectivity index (χ2n) is 4.04. The summed E-state index contributed by atoms with van der Waals surface area (Å²) >= 11 is 0. The predicted octanol–water partition coefficient (Wildman–Crippen LogP) is 3.32. The maximum atomic E-state index is 12.2. The molecule has 2 rings (SSSR count). The summed E-state index contributed by atoms with van der Waals surface area (Å²) in [5.74, 6) is 0.112. The van der Waals surface area contributed by atoms with E-state index in [1.54, 1.807) is 0 Å². The molecule has 0 aliphatic carbocycles. The third-order valence-electron chi connectivity index (χ3n) is 3.05. The minimum atomic E-state index is 0.112. The zero-order chi connectivity index (χ0) is 12.3. The lowest BCUT2D eigenvalue weighted by molar-refractivity contribution is 0.0773. The lowest BCUT2D eigenvalue weighted by Gasteiger charge is -2.18. The SMILES string of the molecule is CCN(CC)C(=O)c1ccc2ccccc2c1. The molecule has 0 fully saturated rings. The summed E-state index contributed by atoms with van der Waals surface area (Å²) in [6.45, 7) is 5.51. The van der Waals surface area contributed by atoms with Crippen molar-refractivity contribution < 1.29 is 4.79 Å². The van der Waals surface area contributed by atoms with Crippen molar-refractivity contribution in [2.45, 2.75) is 13.8 Å². The zero-order valence-electron chi connectivity index (χ0n) is 10.3. The Morgan fingerprint density at radius 3 is 2.29 bits per heavy atom. The van der Waals surface area contributed by atoms with Crippen LogP contribution in [0.25, 0.3) is 10.8 Å². The fourth-order valence-corrected chi connectivity index (χ4v) is 2.02. The molecule has 0 aliphatic heterocycles. The Bertz CT molecular complexity index is 529. The number of carbonyl (C=O) groups excluding carboxylic acids is 1. The van der Waals surface area contributed by atoms with Crippen LogP contribution < -0.4 is 0 Å². The monoisotopic (exact) mass is 227 g/mol. The lowest BCUT2D eigenvalue weighted by atomic mass is 10.1. The molecule has 0 radical (unpaired) electrons. The summed E-state index contributed by atoms with van der Waals surface area (Å²) in [6.07, 6.45) is 0. The van der Waals surface area contributed by atoms with Gasteiger partial charge in [-0.25, -0.2) is 0 Å². The normalized spacial score (nSPS) is 10.5. The smallest absolute Gasteiger partial charge is 0.253 e. The number of rotatable bonds is 3. The van der Waals surface area contributed by atoms with Gasteiger partial charge in [-0.05, 0) is 36.8 Å². The summed E-state index contributed by atoms with van der Waals surface area (Å²) in [6, 6.07) is 14.0. The van der Waals surface area contributed by atoms with Gasteiger partial charge in [-0.2, -0.15) is 0 Å². The molecule has 0 N–H and O–H groups in total. The van der Waals surface area contributed by atoms with Gasteiger partial charge in [-0.15, -0.1) is 0 Å². The topological polar surface area (TPSA) is 20.3 Å². The fourth-order valence-electron chi connectivity index (χ4n) is 2.02. The molecule has 0 unspecified atom stereocenters. The van der Waals surface area contributed by atoms with E-state index in [2.05, 4.69) is 6.07 Å². The number of amides is 1. The van der Waals surface area contributed by atoms with Crippen LogP contribution in [0.15, 0.2) is 42.5 Å². The second kappa shape index (κ2) is 5.00. The van der Waals surface area contributed by atoms with Crippen LogP contribution in [-0.4, -0.2) is 23.9 Å². The highest BCUT2D eigenvalue weighted by atomic mass is 16.2. The molecule has 0 spiro atoms. The number of hydrogen-bond acceptors (Lipinski definition) is 1. The number of hydrogen-bond donors (Lipinski definition) is 0. The van der Waals surface area contributed by atoms with E-state index < -0.39 is 0 Å². The molecule has 0 bridgehead atoms. The maximum Gasteiger partial charge on any atom is 0.253 e. The van der Waals surface area contributed by atoms with Crippen LogP contribution in [0.2, 0.25) is 0 Å². The minimum absolute atomic E-state index is 0.112. The molecular weight excluding hydrogens is 210 g/mol. The molecule has 0 aliphatic rings. The van der Waals surface area contributed by atoms with Gasteiger partial charge in [0.1, 0.15) is 0 Å². The Labute approximate surface area is 102 Å². The Kier molecular flexibility index (Phi) is 3.43. The summed E-state index contributed by atoms with van der Waals surface area (Å²) in [7, 11) is 0. The highest BCUT2D eigenvalue weighted by molar-refractivity contribution is 5.98. The quantitative estimate of drug-likeness (QED) is 0.787. The van der Waals surface area contributed by atoms with Crippen LogP contribution in [0.1, 0.15) is 24.2 Å². The Balaban J connectivity index is 2.39. The molecule has 0 saturated heterocycles. The Hall–Kier alpha value is -1.83. The first-order valence-electron chi connectivity index (χ1n) is 6.04. The van der Waals surface area contributed by atoms with Crippen molar-refractivity contribution in [1.29, 1.82) is 0 Å². The van der Waals surface area contributed by atoms with Crippen molar-refractivity contribution in [1.82, 2.24) is 4.90 Å². The highest BCUT2D eigenvalue weighted by Crippen LogP contribution is 2.16. The third-order valence-corrected chi connectivity index (χ3v) is 3.05. The molecule has 2 aromatic carbocycles. The standard InChI is InChI=1S/C15H17NO/c1-3-16(4-2)15(17)14-10-9-12-7-5-6-8-13(12)11-14/h5-11H,3-4H2,1-2H3. The van der Waals surface area contributed by atoms with Gasteiger partial charge in [0.05, 0.1) is 0 Å². The third kappa shape index (κ3) is 2.31. The number of benzene rings is 2. The average molecular weight is 227 g/mol. The van der Waals surface area contributed by atoms with E-state index in [1.807, 2.05) is 55.1 Å². The van der Waals surface area contributed by atoms with Gasteiger partial charge in [-0.3, -0.25) is 4.79 Å².